The van der Waals surface area contributed by atoms with Crippen molar-refractivity contribution in [2.45, 2.75) is 6.92 Å². The fourth-order valence-corrected chi connectivity index (χ4v) is 2.96. The molecule has 4 aromatic rings. The normalized spacial score (nSPS) is 10.6. The van der Waals surface area contributed by atoms with E-state index >= 15 is 0 Å². The van der Waals surface area contributed by atoms with E-state index < -0.39 is 0 Å². The summed E-state index contributed by atoms with van der Waals surface area (Å²) in [4.78, 5) is 34.9. The Labute approximate surface area is 187 Å². The molecule has 9 nitrogen and oxygen atoms in total. The van der Waals surface area contributed by atoms with Crippen LogP contribution in [0.4, 0.5) is 6.01 Å². The molecular formula is C23H24N6O3. The van der Waals surface area contributed by atoms with E-state index in [4.69, 9.17) is 4.42 Å². The lowest BCUT2D eigenvalue weighted by Crippen LogP contribution is -2.21. The maximum absolute atomic E-state index is 12.3. The van der Waals surface area contributed by atoms with Gasteiger partial charge in [0, 0.05) is 33.6 Å². The van der Waals surface area contributed by atoms with Gasteiger partial charge in [0.15, 0.2) is 0 Å². The number of hydrogen-bond acceptors (Lipinski definition) is 7. The Morgan fingerprint density at radius 3 is 2.38 bits per heavy atom. The number of nitrogens with one attached hydrogen (secondary N) is 1. The summed E-state index contributed by atoms with van der Waals surface area (Å²) in [6.07, 6.45) is 1.63. The molecule has 164 valence electrons. The molecule has 0 atom stereocenters. The molecule has 2 heterocycles. The summed E-state index contributed by atoms with van der Waals surface area (Å²) in [7, 11) is 3.41. The lowest BCUT2D eigenvalue weighted by Gasteiger charge is -2.10. The highest BCUT2D eigenvalue weighted by atomic mass is 16.4. The van der Waals surface area contributed by atoms with Crippen molar-refractivity contribution in [1.82, 2.24) is 25.1 Å². The summed E-state index contributed by atoms with van der Waals surface area (Å²) in [5.74, 6) is -0.299. The van der Waals surface area contributed by atoms with Crippen LogP contribution in [0, 0.1) is 6.92 Å². The molecule has 0 radical (unpaired) electrons. The van der Waals surface area contributed by atoms with Crippen LogP contribution in [0.2, 0.25) is 0 Å². The van der Waals surface area contributed by atoms with E-state index in [0.29, 0.717) is 28.2 Å². The van der Waals surface area contributed by atoms with Crippen LogP contribution in [0.3, 0.4) is 0 Å². The highest BCUT2D eigenvalue weighted by molar-refractivity contribution is 6.03. The monoisotopic (exact) mass is 432 g/mol. The summed E-state index contributed by atoms with van der Waals surface area (Å²) in [6, 6.07) is 15.8. The van der Waals surface area contributed by atoms with Crippen molar-refractivity contribution in [3.05, 3.63) is 77.6 Å². The molecule has 0 aliphatic rings. The van der Waals surface area contributed by atoms with Gasteiger partial charge in [0.25, 0.3) is 17.7 Å². The van der Waals surface area contributed by atoms with Crippen molar-refractivity contribution in [2.24, 2.45) is 0 Å². The van der Waals surface area contributed by atoms with Crippen molar-refractivity contribution in [2.75, 3.05) is 19.4 Å². The smallest absolute Gasteiger partial charge is 0.322 e. The van der Waals surface area contributed by atoms with E-state index in [2.05, 4.69) is 25.5 Å². The van der Waals surface area contributed by atoms with Crippen molar-refractivity contribution in [3.63, 3.8) is 0 Å². The first kappa shape index (κ1) is 20.9. The van der Waals surface area contributed by atoms with Gasteiger partial charge in [-0.1, -0.05) is 35.4 Å². The van der Waals surface area contributed by atoms with Gasteiger partial charge in [-0.2, -0.15) is 0 Å². The van der Waals surface area contributed by atoms with E-state index in [0.717, 1.165) is 5.56 Å². The summed E-state index contributed by atoms with van der Waals surface area (Å²) >= 11 is 0. The molecule has 0 bridgehead atoms. The Kier molecular flexibility index (Phi) is 5.71. The minimum absolute atomic E-state index is 0. The van der Waals surface area contributed by atoms with Crippen LogP contribution in [-0.4, -0.2) is 51.0 Å². The van der Waals surface area contributed by atoms with Gasteiger partial charge in [0.1, 0.15) is 5.69 Å². The Morgan fingerprint density at radius 1 is 0.969 bits per heavy atom. The van der Waals surface area contributed by atoms with Gasteiger partial charge in [0.05, 0.1) is 17.6 Å². The number of anilines is 1. The van der Waals surface area contributed by atoms with E-state index in [-0.39, 0.29) is 26.6 Å². The third kappa shape index (κ3) is 4.36. The topological polar surface area (TPSA) is 114 Å². The molecular weight excluding hydrogens is 408 g/mol. The summed E-state index contributed by atoms with van der Waals surface area (Å²) in [5, 5.41) is 10.5. The van der Waals surface area contributed by atoms with Crippen LogP contribution >= 0.6 is 0 Å². The fraction of sp³-hybridized carbons (Fsp3) is 0.130. The predicted octanol–water partition coefficient (Wildman–Crippen LogP) is 3.95. The van der Waals surface area contributed by atoms with Crippen LogP contribution < -0.4 is 5.32 Å². The molecule has 2 amide bonds. The largest absolute Gasteiger partial charge is 0.401 e. The second kappa shape index (κ2) is 8.76. The lowest BCUT2D eigenvalue weighted by atomic mass is 10.1. The average molecular weight is 432 g/mol. The summed E-state index contributed by atoms with van der Waals surface area (Å²) in [6.45, 7) is 1.78. The molecule has 2 aromatic heterocycles. The van der Waals surface area contributed by atoms with E-state index in [9.17, 15) is 9.59 Å². The molecule has 32 heavy (non-hydrogen) atoms. The van der Waals surface area contributed by atoms with Gasteiger partial charge in [0.2, 0.25) is 0 Å². The number of amides is 2. The molecule has 0 saturated carbocycles. The molecule has 0 unspecified atom stereocenters. The maximum Gasteiger partial charge on any atom is 0.322 e. The molecule has 0 aliphatic carbocycles. The first-order valence-electron chi connectivity index (χ1n) is 9.78. The van der Waals surface area contributed by atoms with Crippen LogP contribution in [0.5, 0.6) is 0 Å². The molecule has 0 fully saturated rings. The van der Waals surface area contributed by atoms with Crippen LogP contribution in [0.1, 0.15) is 29.3 Å². The summed E-state index contributed by atoms with van der Waals surface area (Å²) < 4.78 is 5.60. The number of aromatic nitrogens is 4. The van der Waals surface area contributed by atoms with Gasteiger partial charge in [-0.05, 0) is 31.2 Å². The van der Waals surface area contributed by atoms with Gasteiger partial charge in [-0.15, -0.1) is 5.10 Å². The average Bonchev–Trinajstić information content (AvgIpc) is 3.27. The Bertz CT molecular complexity index is 1280. The van der Waals surface area contributed by atoms with E-state index in [1.165, 1.54) is 4.90 Å². The van der Waals surface area contributed by atoms with Crippen molar-refractivity contribution in [1.29, 1.82) is 0 Å². The van der Waals surface area contributed by atoms with Gasteiger partial charge in [-0.3, -0.25) is 19.9 Å². The number of rotatable bonds is 5. The number of aryl methyl sites for hydroxylation is 1. The number of carbonyl (C=O) groups is 2. The quantitative estimate of drug-likeness (QED) is 0.508. The SMILES string of the molecule is Cc1ncc(-c2ccc(C(=O)N(C)C)cc2)nc1-c1nnc(NC(=O)c2ccccc2)o1.[HH].[HH]. The van der Waals surface area contributed by atoms with Crippen LogP contribution in [0.25, 0.3) is 22.8 Å². The fourth-order valence-electron chi connectivity index (χ4n) is 2.96. The van der Waals surface area contributed by atoms with E-state index in [1.54, 1.807) is 75.7 Å². The Hall–Kier alpha value is -4.40. The number of nitrogens with zero attached hydrogens (tertiary/aromatic N) is 5. The van der Waals surface area contributed by atoms with E-state index in [1.807, 2.05) is 6.07 Å². The standard InChI is InChI=1S/C23H20N6O3.2H2/c1-14-19(21-27-28-23(32-21)26-20(30)16-7-5-4-6-8-16)25-18(13-24-14)15-9-11-17(12-10-15)22(31)29(2)3;;/h4-13H,1-3H3,(H,26,28,30);2*1H. The zero-order valence-electron chi connectivity index (χ0n) is 17.7. The van der Waals surface area contributed by atoms with Crippen LogP contribution in [-0.2, 0) is 0 Å². The van der Waals surface area contributed by atoms with Crippen LogP contribution in [0.15, 0.2) is 65.2 Å². The zero-order valence-corrected chi connectivity index (χ0v) is 17.7. The number of benzene rings is 2. The maximum atomic E-state index is 12.3. The second-order valence-electron chi connectivity index (χ2n) is 7.20. The molecule has 0 saturated heterocycles. The number of hydrogen-bond donors (Lipinski definition) is 1. The Balaban J connectivity index is 0.00000204. The summed E-state index contributed by atoms with van der Waals surface area (Å²) in [5.41, 5.74) is 3.42. The van der Waals surface area contributed by atoms with Crippen molar-refractivity contribution >= 4 is 17.8 Å². The third-order valence-electron chi connectivity index (χ3n) is 4.67. The predicted molar refractivity (Wildman–Crippen MR) is 122 cm³/mol. The Morgan fingerprint density at radius 2 is 1.69 bits per heavy atom. The zero-order chi connectivity index (χ0) is 22.7. The molecule has 1 N–H and O–H groups in total. The molecule has 0 aliphatic heterocycles. The molecule has 4 rings (SSSR count). The minimum Gasteiger partial charge on any atom is -0.401 e. The highest BCUT2D eigenvalue weighted by Gasteiger charge is 2.17. The van der Waals surface area contributed by atoms with Gasteiger partial charge < -0.3 is 9.32 Å². The first-order valence-corrected chi connectivity index (χ1v) is 9.78. The van der Waals surface area contributed by atoms with Crippen molar-refractivity contribution < 1.29 is 16.9 Å². The second-order valence-corrected chi connectivity index (χ2v) is 7.20. The third-order valence-corrected chi connectivity index (χ3v) is 4.67. The lowest BCUT2D eigenvalue weighted by molar-refractivity contribution is 0.0827. The minimum atomic E-state index is -0.357. The highest BCUT2D eigenvalue weighted by Crippen LogP contribution is 2.25. The van der Waals surface area contributed by atoms with Gasteiger partial charge >= 0.3 is 6.01 Å². The number of carbonyl (C=O) groups excluding carboxylic acids is 2. The van der Waals surface area contributed by atoms with Gasteiger partial charge in [-0.25, -0.2) is 4.98 Å². The first-order chi connectivity index (χ1) is 15.4. The molecule has 2 aromatic carbocycles. The molecule has 9 heteroatoms. The van der Waals surface area contributed by atoms with Crippen molar-refractivity contribution in [3.8, 4) is 22.8 Å². The molecule has 0 spiro atoms.